The van der Waals surface area contributed by atoms with Gasteiger partial charge >= 0.3 is 0 Å². The minimum Gasteiger partial charge on any atom is -0.482 e. The minimum atomic E-state index is -0.563. The van der Waals surface area contributed by atoms with E-state index in [4.69, 9.17) is 27.2 Å². The fraction of sp³-hybridized carbons (Fsp3) is 0.222. The lowest BCUT2D eigenvalue weighted by Crippen LogP contribution is -2.20. The number of ether oxygens (including phenoxy) is 1. The van der Waals surface area contributed by atoms with Crippen LogP contribution >= 0.6 is 11.6 Å². The van der Waals surface area contributed by atoms with E-state index in [1.807, 2.05) is 0 Å². The third-order valence-electron chi connectivity index (χ3n) is 1.55. The molecule has 0 aromatic heterocycles. The predicted octanol–water partition coefficient (Wildman–Crippen LogP) is 0.696. The highest BCUT2D eigenvalue weighted by atomic mass is 35.5. The number of benzene rings is 1. The molecule has 1 aromatic carbocycles. The second-order valence-corrected chi connectivity index (χ2v) is 3.09. The number of nitrogens with two attached hydrogens (primary N) is 1. The van der Waals surface area contributed by atoms with E-state index in [0.717, 1.165) is 0 Å². The van der Waals surface area contributed by atoms with E-state index in [1.165, 1.54) is 0 Å². The van der Waals surface area contributed by atoms with Crippen molar-refractivity contribution in [2.45, 2.75) is 6.61 Å². The molecule has 0 atom stereocenters. The van der Waals surface area contributed by atoms with Gasteiger partial charge in [0.05, 0.1) is 11.6 Å². The van der Waals surface area contributed by atoms with E-state index < -0.39 is 5.91 Å². The maximum Gasteiger partial charge on any atom is 0.255 e. The standard InChI is InChI=1S/C9H10ClNO3/c10-7-3-6(4-12)1-2-8(7)14-5-9(11)13/h1-3,12H,4-5H2,(H2,11,13). The first-order chi connectivity index (χ1) is 6.63. The maximum atomic E-state index is 10.4. The quantitative estimate of drug-likeness (QED) is 0.777. The summed E-state index contributed by atoms with van der Waals surface area (Å²) in [7, 11) is 0. The van der Waals surface area contributed by atoms with Crippen LogP contribution in [0.3, 0.4) is 0 Å². The summed E-state index contributed by atoms with van der Waals surface area (Å²) in [5, 5.41) is 9.14. The number of carbonyl (C=O) groups excluding carboxylic acids is 1. The van der Waals surface area contributed by atoms with Crippen LogP contribution in [0.1, 0.15) is 5.56 Å². The second-order valence-electron chi connectivity index (χ2n) is 2.68. The van der Waals surface area contributed by atoms with E-state index in [2.05, 4.69) is 0 Å². The summed E-state index contributed by atoms with van der Waals surface area (Å²) < 4.78 is 5.01. The van der Waals surface area contributed by atoms with Crippen LogP contribution in [0.5, 0.6) is 5.75 Å². The largest absolute Gasteiger partial charge is 0.482 e. The van der Waals surface area contributed by atoms with Gasteiger partial charge in [0, 0.05) is 0 Å². The predicted molar refractivity (Wildman–Crippen MR) is 52.1 cm³/mol. The lowest BCUT2D eigenvalue weighted by molar-refractivity contribution is -0.119. The van der Waals surface area contributed by atoms with Crippen LogP contribution in [0, 0.1) is 0 Å². The maximum absolute atomic E-state index is 10.4. The number of aliphatic hydroxyl groups excluding tert-OH is 1. The summed E-state index contributed by atoms with van der Waals surface area (Å²) >= 11 is 5.80. The Kier molecular flexibility index (Phi) is 3.73. The molecule has 4 nitrogen and oxygen atoms in total. The van der Waals surface area contributed by atoms with Crippen LogP contribution in [-0.4, -0.2) is 17.6 Å². The third kappa shape index (κ3) is 2.90. The van der Waals surface area contributed by atoms with Crippen molar-refractivity contribution >= 4 is 17.5 Å². The Balaban J connectivity index is 2.73. The van der Waals surface area contributed by atoms with Gasteiger partial charge in [0.25, 0.3) is 5.91 Å². The SMILES string of the molecule is NC(=O)COc1ccc(CO)cc1Cl. The third-order valence-corrected chi connectivity index (χ3v) is 1.84. The van der Waals surface area contributed by atoms with Gasteiger partial charge in [-0.25, -0.2) is 0 Å². The number of aliphatic hydroxyl groups is 1. The molecule has 0 aliphatic rings. The molecule has 1 rings (SSSR count). The van der Waals surface area contributed by atoms with Crippen LogP contribution in [0.4, 0.5) is 0 Å². The molecule has 0 saturated heterocycles. The summed E-state index contributed by atoms with van der Waals surface area (Å²) in [4.78, 5) is 10.4. The summed E-state index contributed by atoms with van der Waals surface area (Å²) in [6.07, 6.45) is 0. The van der Waals surface area contributed by atoms with Crippen molar-refractivity contribution in [3.8, 4) is 5.75 Å². The monoisotopic (exact) mass is 215 g/mol. The highest BCUT2D eigenvalue weighted by Gasteiger charge is 2.03. The van der Waals surface area contributed by atoms with Gasteiger partial charge in [-0.2, -0.15) is 0 Å². The molecule has 0 aliphatic carbocycles. The van der Waals surface area contributed by atoms with Crippen molar-refractivity contribution in [3.05, 3.63) is 28.8 Å². The first-order valence-electron chi connectivity index (χ1n) is 3.94. The Morgan fingerprint density at radius 3 is 2.79 bits per heavy atom. The fourth-order valence-corrected chi connectivity index (χ4v) is 1.17. The normalized spacial score (nSPS) is 9.86. The van der Waals surface area contributed by atoms with Crippen molar-refractivity contribution in [3.63, 3.8) is 0 Å². The molecular weight excluding hydrogens is 206 g/mol. The van der Waals surface area contributed by atoms with Gasteiger partial charge in [-0.15, -0.1) is 0 Å². The topological polar surface area (TPSA) is 72.6 Å². The van der Waals surface area contributed by atoms with Crippen molar-refractivity contribution in [1.29, 1.82) is 0 Å². The molecule has 0 bridgehead atoms. The minimum absolute atomic E-state index is 0.0875. The average molecular weight is 216 g/mol. The van der Waals surface area contributed by atoms with Gasteiger partial charge in [0.1, 0.15) is 5.75 Å². The van der Waals surface area contributed by atoms with Gasteiger partial charge in [0.15, 0.2) is 6.61 Å². The number of rotatable bonds is 4. The van der Waals surface area contributed by atoms with Crippen molar-refractivity contribution < 1.29 is 14.6 Å². The van der Waals surface area contributed by atoms with Crippen LogP contribution < -0.4 is 10.5 Å². The smallest absolute Gasteiger partial charge is 0.255 e. The summed E-state index contributed by atoms with van der Waals surface area (Å²) in [6.45, 7) is -0.298. The fourth-order valence-electron chi connectivity index (χ4n) is 0.909. The van der Waals surface area contributed by atoms with E-state index >= 15 is 0 Å². The molecule has 1 aromatic rings. The number of halogens is 1. The molecule has 0 aliphatic heterocycles. The highest BCUT2D eigenvalue weighted by molar-refractivity contribution is 6.32. The van der Waals surface area contributed by atoms with Crippen LogP contribution in [0.15, 0.2) is 18.2 Å². The lowest BCUT2D eigenvalue weighted by atomic mass is 10.2. The Morgan fingerprint density at radius 2 is 2.29 bits per heavy atom. The Hall–Kier alpha value is -1.26. The molecule has 14 heavy (non-hydrogen) atoms. The second kappa shape index (κ2) is 4.83. The van der Waals surface area contributed by atoms with Gasteiger partial charge in [-0.05, 0) is 17.7 Å². The Bertz CT molecular complexity index is 341. The molecule has 0 radical (unpaired) electrons. The van der Waals surface area contributed by atoms with Crippen LogP contribution in [0.25, 0.3) is 0 Å². The van der Waals surface area contributed by atoms with Gasteiger partial charge in [0.2, 0.25) is 0 Å². The Labute approximate surface area is 86.2 Å². The first kappa shape index (κ1) is 10.8. The van der Waals surface area contributed by atoms with E-state index in [0.29, 0.717) is 16.3 Å². The van der Waals surface area contributed by atoms with E-state index in [-0.39, 0.29) is 13.2 Å². The summed E-state index contributed by atoms with van der Waals surface area (Å²) in [5.41, 5.74) is 5.58. The molecule has 5 heteroatoms. The average Bonchev–Trinajstić information content (AvgIpc) is 2.15. The number of carbonyl (C=O) groups is 1. The zero-order chi connectivity index (χ0) is 10.6. The van der Waals surface area contributed by atoms with E-state index in [9.17, 15) is 4.79 Å². The summed E-state index contributed by atoms with van der Waals surface area (Å²) in [6, 6.07) is 4.80. The number of hydrogen-bond acceptors (Lipinski definition) is 3. The molecule has 0 unspecified atom stereocenters. The van der Waals surface area contributed by atoms with Gasteiger partial charge in [-0.1, -0.05) is 17.7 Å². The van der Waals surface area contributed by atoms with Crippen LogP contribution in [-0.2, 0) is 11.4 Å². The van der Waals surface area contributed by atoms with E-state index in [1.54, 1.807) is 18.2 Å². The number of primary amides is 1. The lowest BCUT2D eigenvalue weighted by Gasteiger charge is -2.06. The molecule has 76 valence electrons. The molecule has 3 N–H and O–H groups in total. The Morgan fingerprint density at radius 1 is 1.57 bits per heavy atom. The summed E-state index contributed by atoms with van der Waals surface area (Å²) in [5.74, 6) is -0.185. The number of amides is 1. The highest BCUT2D eigenvalue weighted by Crippen LogP contribution is 2.25. The van der Waals surface area contributed by atoms with Gasteiger partial charge in [-0.3, -0.25) is 4.79 Å². The molecule has 0 heterocycles. The van der Waals surface area contributed by atoms with Crippen molar-refractivity contribution in [2.75, 3.05) is 6.61 Å². The zero-order valence-electron chi connectivity index (χ0n) is 7.37. The first-order valence-corrected chi connectivity index (χ1v) is 4.31. The van der Waals surface area contributed by atoms with Crippen molar-refractivity contribution in [1.82, 2.24) is 0 Å². The molecule has 0 fully saturated rings. The number of hydrogen-bond donors (Lipinski definition) is 2. The zero-order valence-corrected chi connectivity index (χ0v) is 8.12. The van der Waals surface area contributed by atoms with Crippen LogP contribution in [0.2, 0.25) is 5.02 Å². The van der Waals surface area contributed by atoms with Crippen molar-refractivity contribution in [2.24, 2.45) is 5.73 Å². The molecular formula is C9H10ClNO3. The van der Waals surface area contributed by atoms with Gasteiger partial charge < -0.3 is 15.6 Å². The molecule has 0 spiro atoms. The molecule has 1 amide bonds. The molecule has 0 saturated carbocycles.